The lowest BCUT2D eigenvalue weighted by atomic mass is 10.2. The monoisotopic (exact) mass is 352 g/mol. The van der Waals surface area contributed by atoms with E-state index in [-0.39, 0.29) is 17.5 Å². The number of thioether (sulfide) groups is 1. The lowest BCUT2D eigenvalue weighted by molar-refractivity contribution is -0.117. The molecule has 0 unspecified atom stereocenters. The number of halogens is 1. The molecular formula is C14H13ClN4O3S. The second-order valence-corrected chi connectivity index (χ2v) is 5.58. The molecule has 2 aromatic rings. The zero-order chi connectivity index (χ0) is 16.7. The van der Waals surface area contributed by atoms with Gasteiger partial charge in [0.25, 0.3) is 5.22 Å². The Morgan fingerprint density at radius 3 is 2.96 bits per heavy atom. The first kappa shape index (κ1) is 17.0. The zero-order valence-electron chi connectivity index (χ0n) is 11.9. The second kappa shape index (κ2) is 8.35. The van der Waals surface area contributed by atoms with E-state index in [4.69, 9.17) is 16.0 Å². The van der Waals surface area contributed by atoms with E-state index >= 15 is 0 Å². The normalized spacial score (nSPS) is 10.1. The molecular weight excluding hydrogens is 340 g/mol. The van der Waals surface area contributed by atoms with Crippen LogP contribution in [0.15, 0.2) is 46.6 Å². The molecule has 7 nitrogen and oxygen atoms in total. The lowest BCUT2D eigenvalue weighted by Crippen LogP contribution is -2.40. The first-order valence-corrected chi connectivity index (χ1v) is 7.85. The van der Waals surface area contributed by atoms with Gasteiger partial charge in [0.15, 0.2) is 0 Å². The van der Waals surface area contributed by atoms with Gasteiger partial charge in [-0.05, 0) is 18.2 Å². The minimum atomic E-state index is -0.583. The maximum absolute atomic E-state index is 11.6. The molecule has 0 aliphatic heterocycles. The SMILES string of the molecule is C=CCNC(=O)NC(=O)CSc1nnc(-c2cccc(Cl)c2)o1. The minimum absolute atomic E-state index is 0.0291. The van der Waals surface area contributed by atoms with Crippen molar-refractivity contribution in [2.75, 3.05) is 12.3 Å². The van der Waals surface area contributed by atoms with Crippen molar-refractivity contribution in [2.45, 2.75) is 5.22 Å². The number of hydrogen-bond donors (Lipinski definition) is 2. The topological polar surface area (TPSA) is 97.1 Å². The summed E-state index contributed by atoms with van der Waals surface area (Å²) in [6, 6.07) is 6.40. The number of hydrogen-bond acceptors (Lipinski definition) is 6. The molecule has 1 heterocycles. The number of nitrogens with zero attached hydrogens (tertiary/aromatic N) is 2. The summed E-state index contributed by atoms with van der Waals surface area (Å²) in [6.07, 6.45) is 1.51. The number of carbonyl (C=O) groups is 2. The summed E-state index contributed by atoms with van der Waals surface area (Å²) in [4.78, 5) is 22.9. The first-order valence-electron chi connectivity index (χ1n) is 6.49. The zero-order valence-corrected chi connectivity index (χ0v) is 13.5. The van der Waals surface area contributed by atoms with Crippen LogP contribution in [0.5, 0.6) is 0 Å². The Labute approximate surface area is 141 Å². The van der Waals surface area contributed by atoms with Crippen molar-refractivity contribution in [3.05, 3.63) is 41.9 Å². The molecule has 0 aliphatic carbocycles. The van der Waals surface area contributed by atoms with Crippen LogP contribution in [-0.2, 0) is 4.79 Å². The Morgan fingerprint density at radius 1 is 1.39 bits per heavy atom. The van der Waals surface area contributed by atoms with Crippen molar-refractivity contribution in [1.29, 1.82) is 0 Å². The van der Waals surface area contributed by atoms with Gasteiger partial charge in [-0.15, -0.1) is 16.8 Å². The fourth-order valence-corrected chi connectivity index (χ4v) is 2.26. The van der Waals surface area contributed by atoms with Crippen molar-refractivity contribution in [3.8, 4) is 11.5 Å². The summed E-state index contributed by atoms with van der Waals surface area (Å²) in [5.74, 6) is -0.197. The highest BCUT2D eigenvalue weighted by Gasteiger charge is 2.12. The van der Waals surface area contributed by atoms with Gasteiger partial charge < -0.3 is 9.73 Å². The van der Waals surface area contributed by atoms with Crippen molar-refractivity contribution in [3.63, 3.8) is 0 Å². The van der Waals surface area contributed by atoms with Gasteiger partial charge in [0.2, 0.25) is 11.8 Å². The van der Waals surface area contributed by atoms with E-state index in [1.807, 2.05) is 0 Å². The van der Waals surface area contributed by atoms with Crippen LogP contribution in [-0.4, -0.2) is 34.4 Å². The third-order valence-corrected chi connectivity index (χ3v) is 3.52. The molecule has 9 heteroatoms. The van der Waals surface area contributed by atoms with Crippen LogP contribution in [0.1, 0.15) is 0 Å². The predicted molar refractivity (Wildman–Crippen MR) is 87.2 cm³/mol. The molecule has 2 rings (SSSR count). The predicted octanol–water partition coefficient (Wildman–Crippen LogP) is 2.49. The first-order chi connectivity index (χ1) is 11.1. The third kappa shape index (κ3) is 5.42. The maximum atomic E-state index is 11.6. The number of benzene rings is 1. The molecule has 0 atom stereocenters. The Morgan fingerprint density at radius 2 is 2.22 bits per heavy atom. The molecule has 0 aliphatic rings. The fraction of sp³-hybridized carbons (Fsp3) is 0.143. The summed E-state index contributed by atoms with van der Waals surface area (Å²) in [7, 11) is 0. The summed E-state index contributed by atoms with van der Waals surface area (Å²) < 4.78 is 5.43. The summed E-state index contributed by atoms with van der Waals surface area (Å²) in [6.45, 7) is 3.73. The average molecular weight is 353 g/mol. The molecule has 0 fully saturated rings. The van der Waals surface area contributed by atoms with E-state index in [9.17, 15) is 9.59 Å². The third-order valence-electron chi connectivity index (χ3n) is 2.46. The molecule has 1 aromatic carbocycles. The van der Waals surface area contributed by atoms with Crippen molar-refractivity contribution in [2.24, 2.45) is 0 Å². The number of carbonyl (C=O) groups excluding carboxylic acids is 2. The largest absolute Gasteiger partial charge is 0.411 e. The number of imide groups is 1. The Kier molecular flexibility index (Phi) is 6.19. The Hall–Kier alpha value is -2.32. The highest BCUT2D eigenvalue weighted by Crippen LogP contribution is 2.24. The summed E-state index contributed by atoms with van der Waals surface area (Å²) in [5, 5.41) is 13.1. The van der Waals surface area contributed by atoms with Crippen LogP contribution < -0.4 is 10.6 Å². The van der Waals surface area contributed by atoms with Crippen molar-refractivity contribution in [1.82, 2.24) is 20.8 Å². The van der Waals surface area contributed by atoms with E-state index in [1.165, 1.54) is 6.08 Å². The van der Waals surface area contributed by atoms with Crippen LogP contribution >= 0.6 is 23.4 Å². The molecule has 0 saturated carbocycles. The standard InChI is InChI=1S/C14H13ClN4O3S/c1-2-6-16-13(21)17-11(20)8-23-14-19-18-12(22-14)9-4-3-5-10(15)7-9/h2-5,7H,1,6,8H2,(H2,16,17,20,21). The van der Waals surface area contributed by atoms with Gasteiger partial charge in [-0.1, -0.05) is 35.5 Å². The van der Waals surface area contributed by atoms with Gasteiger partial charge in [-0.2, -0.15) is 0 Å². The van der Waals surface area contributed by atoms with Crippen LogP contribution in [0.3, 0.4) is 0 Å². The van der Waals surface area contributed by atoms with E-state index in [0.717, 1.165) is 11.8 Å². The van der Waals surface area contributed by atoms with Crippen molar-refractivity contribution < 1.29 is 14.0 Å². The quantitative estimate of drug-likeness (QED) is 0.612. The molecule has 3 amide bonds. The highest BCUT2D eigenvalue weighted by atomic mass is 35.5. The van der Waals surface area contributed by atoms with E-state index in [0.29, 0.717) is 16.5 Å². The van der Waals surface area contributed by atoms with Gasteiger partial charge in [0.05, 0.1) is 5.75 Å². The summed E-state index contributed by atoms with van der Waals surface area (Å²) in [5.41, 5.74) is 0.685. The molecule has 0 radical (unpaired) electrons. The van der Waals surface area contributed by atoms with E-state index < -0.39 is 11.9 Å². The van der Waals surface area contributed by atoms with Crippen LogP contribution in [0, 0.1) is 0 Å². The van der Waals surface area contributed by atoms with Crippen LogP contribution in [0.4, 0.5) is 4.79 Å². The van der Waals surface area contributed by atoms with Gasteiger partial charge in [0, 0.05) is 17.1 Å². The molecule has 23 heavy (non-hydrogen) atoms. The fourth-order valence-electron chi connectivity index (χ4n) is 1.51. The Balaban J connectivity index is 1.86. The number of urea groups is 1. The van der Waals surface area contributed by atoms with E-state index in [2.05, 4.69) is 27.4 Å². The molecule has 0 bridgehead atoms. The smallest absolute Gasteiger partial charge is 0.321 e. The van der Waals surface area contributed by atoms with Gasteiger partial charge in [-0.3, -0.25) is 10.1 Å². The molecule has 0 saturated heterocycles. The Bertz CT molecular complexity index is 720. The minimum Gasteiger partial charge on any atom is -0.411 e. The van der Waals surface area contributed by atoms with Gasteiger partial charge in [0.1, 0.15) is 0 Å². The van der Waals surface area contributed by atoms with Crippen LogP contribution in [0.25, 0.3) is 11.5 Å². The van der Waals surface area contributed by atoms with Crippen molar-refractivity contribution >= 4 is 35.3 Å². The maximum Gasteiger partial charge on any atom is 0.321 e. The lowest BCUT2D eigenvalue weighted by Gasteiger charge is -2.03. The van der Waals surface area contributed by atoms with Crippen LogP contribution in [0.2, 0.25) is 5.02 Å². The second-order valence-electron chi connectivity index (χ2n) is 4.22. The number of rotatable bonds is 6. The number of aromatic nitrogens is 2. The van der Waals surface area contributed by atoms with E-state index in [1.54, 1.807) is 24.3 Å². The average Bonchev–Trinajstić information content (AvgIpc) is 3.00. The molecule has 2 N–H and O–H groups in total. The molecule has 120 valence electrons. The van der Waals surface area contributed by atoms with Gasteiger partial charge >= 0.3 is 6.03 Å². The number of nitrogens with one attached hydrogen (secondary N) is 2. The van der Waals surface area contributed by atoms with Gasteiger partial charge in [-0.25, -0.2) is 4.79 Å². The number of amides is 3. The highest BCUT2D eigenvalue weighted by molar-refractivity contribution is 7.99. The summed E-state index contributed by atoms with van der Waals surface area (Å²) >= 11 is 6.93. The molecule has 0 spiro atoms. The molecule has 1 aromatic heterocycles.